The largest absolute Gasteiger partial charge is 0.541 e. The minimum Gasteiger partial charge on any atom is -0.541 e. The molecule has 0 fully saturated rings. The average molecular weight is 458 g/mol. The van der Waals surface area contributed by atoms with E-state index >= 15 is 0 Å². The van der Waals surface area contributed by atoms with Gasteiger partial charge in [-0.25, -0.2) is 4.79 Å². The van der Waals surface area contributed by atoms with Crippen molar-refractivity contribution >= 4 is 23.3 Å². The summed E-state index contributed by atoms with van der Waals surface area (Å²) in [5.41, 5.74) is 1.23. The van der Waals surface area contributed by atoms with Gasteiger partial charge >= 0.3 is 5.63 Å². The minimum atomic E-state index is -0.492. The fourth-order valence-corrected chi connectivity index (χ4v) is 3.17. The number of aryl methyl sites for hydroxylation is 1. The summed E-state index contributed by atoms with van der Waals surface area (Å²) in [5, 5.41) is 0.805. The molecule has 1 radical (unpaired) electrons. The summed E-state index contributed by atoms with van der Waals surface area (Å²) in [4.78, 5) is 23.0. The number of rotatable bonds is 6. The molecule has 0 spiro atoms. The predicted octanol–water partition coefficient (Wildman–Crippen LogP) is 4.44. The molecule has 28 heavy (non-hydrogen) atoms. The van der Waals surface area contributed by atoms with Crippen LogP contribution >= 0.6 is 0 Å². The number of fused-ring (bicyclic) bond motifs is 3. The van der Waals surface area contributed by atoms with Gasteiger partial charge in [0.15, 0.2) is 0 Å². The van der Waals surface area contributed by atoms with Crippen molar-refractivity contribution in [3.63, 3.8) is 0 Å². The quantitative estimate of drug-likeness (QED) is 0.473. The van der Waals surface area contributed by atoms with E-state index < -0.39 is 11.2 Å². The first kappa shape index (κ1) is 22.8. The van der Waals surface area contributed by atoms with Gasteiger partial charge in [-0.05, 0) is 44.9 Å². The second-order valence-corrected chi connectivity index (χ2v) is 7.60. The van der Waals surface area contributed by atoms with Crippen molar-refractivity contribution in [1.29, 1.82) is 0 Å². The van der Waals surface area contributed by atoms with Crippen LogP contribution in [0.1, 0.15) is 52.2 Å². The van der Waals surface area contributed by atoms with Crippen LogP contribution in [0, 0.1) is 5.92 Å². The fraction of sp³-hybridized carbons (Fsp3) is 0.455. The Morgan fingerprint density at radius 1 is 1.25 bits per heavy atom. The number of hydrogen-bond acceptors (Lipinski definition) is 5. The molecular weight excluding hydrogens is 433 g/mol. The zero-order valence-corrected chi connectivity index (χ0v) is 19.8. The summed E-state index contributed by atoms with van der Waals surface area (Å²) in [6.45, 7) is 9.56. The van der Waals surface area contributed by atoms with Crippen molar-refractivity contribution in [2.24, 2.45) is 5.92 Å². The first-order chi connectivity index (χ1) is 12.8. The molecule has 6 heteroatoms. The van der Waals surface area contributed by atoms with Crippen LogP contribution in [0.2, 0.25) is 0 Å². The summed E-state index contributed by atoms with van der Waals surface area (Å²) in [6.07, 6.45) is 7.15. The summed E-state index contributed by atoms with van der Waals surface area (Å²) >= 11 is 0. The first-order valence-corrected chi connectivity index (χ1v) is 9.32. The van der Waals surface area contributed by atoms with Crippen molar-refractivity contribution in [3.05, 3.63) is 39.8 Å². The smallest absolute Gasteiger partial charge is 0.336 e. The molecule has 2 aromatic rings. The maximum Gasteiger partial charge on any atom is 0.336 e. The van der Waals surface area contributed by atoms with Crippen molar-refractivity contribution in [3.8, 4) is 11.5 Å². The third-order valence-electron chi connectivity index (χ3n) is 4.81. The molecule has 0 unspecified atom stereocenters. The third-order valence-corrected chi connectivity index (χ3v) is 4.81. The van der Waals surface area contributed by atoms with Gasteiger partial charge in [-0.3, -0.25) is 6.29 Å². The summed E-state index contributed by atoms with van der Waals surface area (Å²) < 4.78 is 17.8. The summed E-state index contributed by atoms with van der Waals surface area (Å²) in [6, 6.07) is 3.25. The van der Waals surface area contributed by atoms with Gasteiger partial charge in [0.05, 0.1) is 17.1 Å². The topological polar surface area (TPSA) is 65.7 Å². The Morgan fingerprint density at radius 3 is 2.61 bits per heavy atom. The second kappa shape index (κ2) is 8.92. The maximum absolute atomic E-state index is 12.0. The van der Waals surface area contributed by atoms with Gasteiger partial charge in [-0.15, -0.1) is 5.92 Å². The molecular formula is C22H25O5Y-. The van der Waals surface area contributed by atoms with Crippen LogP contribution in [-0.4, -0.2) is 18.0 Å². The van der Waals surface area contributed by atoms with E-state index in [1.54, 1.807) is 13.0 Å². The van der Waals surface area contributed by atoms with E-state index in [9.17, 15) is 9.59 Å². The van der Waals surface area contributed by atoms with Crippen molar-refractivity contribution in [1.82, 2.24) is 0 Å². The van der Waals surface area contributed by atoms with Crippen LogP contribution in [0.15, 0.2) is 27.4 Å². The molecule has 0 amide bonds. The van der Waals surface area contributed by atoms with E-state index in [-0.39, 0.29) is 44.7 Å². The molecule has 147 valence electrons. The minimum absolute atomic E-state index is 0. The van der Waals surface area contributed by atoms with Gasteiger partial charge in [0.1, 0.15) is 22.7 Å². The molecule has 0 saturated heterocycles. The molecule has 1 aromatic carbocycles. The molecule has 3 rings (SSSR count). The van der Waals surface area contributed by atoms with Gasteiger partial charge in [0.25, 0.3) is 0 Å². The van der Waals surface area contributed by atoms with Gasteiger partial charge in [-0.2, -0.15) is 0 Å². The van der Waals surface area contributed by atoms with Crippen LogP contribution in [0.4, 0.5) is 0 Å². The zero-order valence-electron chi connectivity index (χ0n) is 17.0. The van der Waals surface area contributed by atoms with E-state index in [1.165, 1.54) is 6.07 Å². The van der Waals surface area contributed by atoms with Gasteiger partial charge in [0.2, 0.25) is 0 Å². The Morgan fingerprint density at radius 2 is 1.96 bits per heavy atom. The molecule has 0 aliphatic carbocycles. The molecule has 0 bridgehead atoms. The SMILES string of the molecule is CCCc1cc(=O)oc2cc(O[C@H](C)[C@@H](C)[C-]=O)c3c(c12)OC(C)(C)C=C3.[Y]. The molecule has 1 aliphatic heterocycles. The van der Waals surface area contributed by atoms with Gasteiger partial charge in [0, 0.05) is 44.8 Å². The van der Waals surface area contributed by atoms with E-state index in [0.29, 0.717) is 17.1 Å². The molecule has 0 saturated carbocycles. The van der Waals surface area contributed by atoms with Gasteiger partial charge in [-0.1, -0.05) is 20.3 Å². The van der Waals surface area contributed by atoms with Crippen LogP contribution in [-0.2, 0) is 43.9 Å². The molecule has 5 nitrogen and oxygen atoms in total. The molecule has 0 N–H and O–H groups in total. The molecule has 1 aromatic heterocycles. The number of ether oxygens (including phenoxy) is 2. The molecule has 2 heterocycles. The third kappa shape index (κ3) is 4.57. The van der Waals surface area contributed by atoms with Gasteiger partial charge < -0.3 is 18.7 Å². The second-order valence-electron chi connectivity index (χ2n) is 7.60. The summed E-state index contributed by atoms with van der Waals surface area (Å²) in [7, 11) is 0. The number of hydrogen-bond donors (Lipinski definition) is 0. The van der Waals surface area contributed by atoms with Crippen molar-refractivity contribution in [2.75, 3.05) is 0 Å². The number of carbonyl (C=O) groups excluding carboxylic acids is 1. The van der Waals surface area contributed by atoms with E-state index in [1.807, 2.05) is 39.2 Å². The van der Waals surface area contributed by atoms with E-state index in [2.05, 4.69) is 6.92 Å². The number of benzene rings is 1. The normalized spacial score (nSPS) is 16.5. The van der Waals surface area contributed by atoms with E-state index in [4.69, 9.17) is 13.9 Å². The van der Waals surface area contributed by atoms with Crippen molar-refractivity contribution < 1.29 is 51.4 Å². The average Bonchev–Trinajstić information content (AvgIpc) is 2.59. The Hall–Kier alpha value is -1.46. The van der Waals surface area contributed by atoms with Crippen molar-refractivity contribution in [2.45, 2.75) is 59.2 Å². The van der Waals surface area contributed by atoms with E-state index in [0.717, 1.165) is 29.4 Å². The Balaban J connectivity index is 0.00000280. The standard InChI is InChI=1S/C22H25O5.Y/c1-6-7-15-10-19(24)26-18-11-17(25-14(3)13(2)12-23)16-8-9-22(4,5)27-21(16)20(15)18;/h8-11,13-14H,6-7H2,1-5H3;/q-1;/t13-,14+;/m0./s1. The fourth-order valence-electron chi connectivity index (χ4n) is 3.17. The Kier molecular flexibility index (Phi) is 7.27. The Labute approximate surface area is 190 Å². The van der Waals surface area contributed by atoms with Crippen LogP contribution in [0.25, 0.3) is 17.0 Å². The zero-order chi connectivity index (χ0) is 19.8. The molecule has 1 aliphatic rings. The van der Waals surface area contributed by atoms with Crippen LogP contribution < -0.4 is 15.1 Å². The molecule has 2 atom stereocenters. The monoisotopic (exact) mass is 458 g/mol. The van der Waals surface area contributed by atoms with Crippen LogP contribution in [0.5, 0.6) is 11.5 Å². The Bertz CT molecular complexity index is 958. The maximum atomic E-state index is 12.0. The predicted molar refractivity (Wildman–Crippen MR) is 105 cm³/mol. The van der Waals surface area contributed by atoms with Crippen LogP contribution in [0.3, 0.4) is 0 Å². The first-order valence-electron chi connectivity index (χ1n) is 9.32. The summed E-state index contributed by atoms with van der Waals surface area (Å²) in [5.74, 6) is 0.785.